The van der Waals surface area contributed by atoms with Gasteiger partial charge in [-0.3, -0.25) is 4.79 Å². The number of likely N-dealkylation sites (tertiary alicyclic amines) is 1. The number of nitrogens with zero attached hydrogens (tertiary/aromatic N) is 1. The topological polar surface area (TPSA) is 29.5 Å². The molecule has 2 aromatic rings. The molecule has 1 aliphatic rings. The number of piperidine rings is 1. The lowest BCUT2D eigenvalue weighted by Gasteiger charge is -2.32. The van der Waals surface area contributed by atoms with Crippen molar-refractivity contribution in [3.63, 3.8) is 0 Å². The van der Waals surface area contributed by atoms with Crippen LogP contribution in [0.5, 0.6) is 5.75 Å². The van der Waals surface area contributed by atoms with E-state index < -0.39 is 11.7 Å². The lowest BCUT2D eigenvalue weighted by atomic mass is 10.1. The van der Waals surface area contributed by atoms with Crippen LogP contribution >= 0.6 is 11.6 Å². The van der Waals surface area contributed by atoms with E-state index in [1.807, 2.05) is 0 Å². The molecule has 0 aromatic heterocycles. The summed E-state index contributed by atoms with van der Waals surface area (Å²) >= 11 is 5.95. The summed E-state index contributed by atoms with van der Waals surface area (Å²) in [6.45, 7) is 0.907. The summed E-state index contributed by atoms with van der Waals surface area (Å²) in [6, 6.07) is 10.0. The third-order valence-corrected chi connectivity index (χ3v) is 4.34. The van der Waals surface area contributed by atoms with Crippen molar-refractivity contribution in [1.29, 1.82) is 0 Å². The smallest absolute Gasteiger partial charge is 0.258 e. The molecular weight excluding hydrogens is 336 g/mol. The fourth-order valence-corrected chi connectivity index (χ4v) is 2.99. The molecule has 0 unspecified atom stereocenters. The minimum atomic E-state index is -0.614. The Bertz CT molecular complexity index is 708. The number of halogens is 3. The molecule has 0 aliphatic carbocycles. The molecule has 1 saturated heterocycles. The summed E-state index contributed by atoms with van der Waals surface area (Å²) in [6.07, 6.45) is 1.18. The minimum Gasteiger partial charge on any atom is -0.490 e. The SMILES string of the molecule is O=C(c1c(F)cccc1Cl)N1CCC(Oc2ccc(F)cc2)CC1. The third kappa shape index (κ3) is 3.67. The predicted molar refractivity (Wildman–Crippen MR) is 87.4 cm³/mol. The van der Waals surface area contributed by atoms with Crippen molar-refractivity contribution >= 4 is 17.5 Å². The molecule has 1 aliphatic heterocycles. The second kappa shape index (κ2) is 7.18. The third-order valence-electron chi connectivity index (χ3n) is 4.02. The first-order chi connectivity index (χ1) is 11.5. The highest BCUT2D eigenvalue weighted by Gasteiger charge is 2.27. The second-order valence-electron chi connectivity index (χ2n) is 5.66. The molecule has 3 nitrogen and oxygen atoms in total. The molecule has 6 heteroatoms. The van der Waals surface area contributed by atoms with Gasteiger partial charge in [-0.25, -0.2) is 8.78 Å². The van der Waals surface area contributed by atoms with Gasteiger partial charge in [-0.1, -0.05) is 17.7 Å². The Morgan fingerprint density at radius 3 is 2.38 bits per heavy atom. The Morgan fingerprint density at radius 2 is 1.75 bits per heavy atom. The lowest BCUT2D eigenvalue weighted by Crippen LogP contribution is -2.42. The van der Waals surface area contributed by atoms with E-state index in [1.54, 1.807) is 17.0 Å². The lowest BCUT2D eigenvalue weighted by molar-refractivity contribution is 0.0591. The molecule has 0 spiro atoms. The van der Waals surface area contributed by atoms with Gasteiger partial charge in [0.05, 0.1) is 10.6 Å². The largest absolute Gasteiger partial charge is 0.490 e. The normalized spacial score (nSPS) is 15.4. The molecule has 3 rings (SSSR count). The average Bonchev–Trinajstić information content (AvgIpc) is 2.57. The standard InChI is InChI=1S/C18H16ClF2NO2/c19-15-2-1-3-16(21)17(15)18(23)22-10-8-14(9-11-22)24-13-6-4-12(20)5-7-13/h1-7,14H,8-11H2. The Kier molecular flexibility index (Phi) is 5.00. The molecule has 126 valence electrons. The van der Waals surface area contributed by atoms with Gasteiger partial charge in [-0.05, 0) is 36.4 Å². The summed E-state index contributed by atoms with van der Waals surface area (Å²) < 4.78 is 32.5. The molecule has 24 heavy (non-hydrogen) atoms. The van der Waals surface area contributed by atoms with Crippen LogP contribution in [0.25, 0.3) is 0 Å². The number of ether oxygens (including phenoxy) is 1. The number of rotatable bonds is 3. The average molecular weight is 352 g/mol. The van der Waals surface area contributed by atoms with Crippen LogP contribution in [0, 0.1) is 11.6 Å². The number of hydrogen-bond donors (Lipinski definition) is 0. The van der Waals surface area contributed by atoms with Crippen LogP contribution in [0.4, 0.5) is 8.78 Å². The highest BCUT2D eigenvalue weighted by Crippen LogP contribution is 2.24. The molecule has 0 atom stereocenters. The molecule has 1 heterocycles. The Morgan fingerprint density at radius 1 is 1.08 bits per heavy atom. The first-order valence-electron chi connectivity index (χ1n) is 7.70. The molecule has 1 fully saturated rings. The summed E-state index contributed by atoms with van der Waals surface area (Å²) in [4.78, 5) is 14.0. The molecule has 2 aromatic carbocycles. The summed E-state index contributed by atoms with van der Waals surface area (Å²) in [5.41, 5.74) is -0.0860. The van der Waals surface area contributed by atoms with Gasteiger partial charge >= 0.3 is 0 Å². The van der Waals surface area contributed by atoms with Crippen molar-refractivity contribution in [2.75, 3.05) is 13.1 Å². The summed E-state index contributed by atoms with van der Waals surface area (Å²) in [5.74, 6) is -0.738. The number of amides is 1. The van der Waals surface area contributed by atoms with Gasteiger partial charge in [0.25, 0.3) is 5.91 Å². The van der Waals surface area contributed by atoms with E-state index in [4.69, 9.17) is 16.3 Å². The van der Waals surface area contributed by atoms with Crippen molar-refractivity contribution in [3.05, 3.63) is 64.7 Å². The maximum atomic E-state index is 13.9. The van der Waals surface area contributed by atoms with Crippen molar-refractivity contribution in [2.24, 2.45) is 0 Å². The monoisotopic (exact) mass is 351 g/mol. The van der Waals surface area contributed by atoms with Gasteiger partial charge in [-0.2, -0.15) is 0 Å². The van der Waals surface area contributed by atoms with Crippen LogP contribution in [0.2, 0.25) is 5.02 Å². The quantitative estimate of drug-likeness (QED) is 0.825. The van der Waals surface area contributed by atoms with Gasteiger partial charge in [0.15, 0.2) is 0 Å². The van der Waals surface area contributed by atoms with Crippen LogP contribution in [0.1, 0.15) is 23.2 Å². The highest BCUT2D eigenvalue weighted by molar-refractivity contribution is 6.33. The highest BCUT2D eigenvalue weighted by atomic mass is 35.5. The predicted octanol–water partition coefficient (Wildman–Crippen LogP) is 4.30. The zero-order valence-corrected chi connectivity index (χ0v) is 13.6. The Hall–Kier alpha value is -2.14. The minimum absolute atomic E-state index is 0.0596. The van der Waals surface area contributed by atoms with E-state index in [2.05, 4.69) is 0 Å². The van der Waals surface area contributed by atoms with Crippen molar-refractivity contribution in [3.8, 4) is 5.75 Å². The maximum Gasteiger partial charge on any atom is 0.258 e. The van der Waals surface area contributed by atoms with Gasteiger partial charge in [0.2, 0.25) is 0 Å². The number of hydrogen-bond acceptors (Lipinski definition) is 2. The van der Waals surface area contributed by atoms with Gasteiger partial charge in [0.1, 0.15) is 23.5 Å². The fraction of sp³-hybridized carbons (Fsp3) is 0.278. The van der Waals surface area contributed by atoms with Crippen molar-refractivity contribution in [1.82, 2.24) is 4.90 Å². The van der Waals surface area contributed by atoms with E-state index >= 15 is 0 Å². The second-order valence-corrected chi connectivity index (χ2v) is 6.07. The van der Waals surface area contributed by atoms with Crippen molar-refractivity contribution < 1.29 is 18.3 Å². The van der Waals surface area contributed by atoms with Crippen LogP contribution in [0.3, 0.4) is 0 Å². The van der Waals surface area contributed by atoms with E-state index in [0.29, 0.717) is 31.7 Å². The van der Waals surface area contributed by atoms with E-state index in [-0.39, 0.29) is 22.5 Å². The molecule has 0 saturated carbocycles. The van der Waals surface area contributed by atoms with Crippen LogP contribution in [-0.2, 0) is 0 Å². The number of carbonyl (C=O) groups excluding carboxylic acids is 1. The van der Waals surface area contributed by atoms with Gasteiger partial charge < -0.3 is 9.64 Å². The summed E-state index contributed by atoms with van der Waals surface area (Å²) in [5, 5.41) is 0.115. The van der Waals surface area contributed by atoms with Gasteiger partial charge in [0, 0.05) is 25.9 Å². The zero-order valence-electron chi connectivity index (χ0n) is 12.8. The molecule has 1 amide bonds. The Balaban J connectivity index is 1.60. The molecular formula is C18H16ClF2NO2. The van der Waals surface area contributed by atoms with E-state index in [0.717, 1.165) is 0 Å². The maximum absolute atomic E-state index is 13.9. The van der Waals surface area contributed by atoms with E-state index in [9.17, 15) is 13.6 Å². The van der Waals surface area contributed by atoms with E-state index in [1.165, 1.54) is 30.3 Å². The Labute approximate surface area is 143 Å². The first kappa shape index (κ1) is 16.7. The number of benzene rings is 2. The van der Waals surface area contributed by atoms with Crippen LogP contribution in [0.15, 0.2) is 42.5 Å². The first-order valence-corrected chi connectivity index (χ1v) is 8.08. The molecule has 0 bridgehead atoms. The van der Waals surface area contributed by atoms with Gasteiger partial charge in [-0.15, -0.1) is 0 Å². The number of carbonyl (C=O) groups is 1. The van der Waals surface area contributed by atoms with Crippen molar-refractivity contribution in [2.45, 2.75) is 18.9 Å². The molecule has 0 N–H and O–H groups in total. The van der Waals surface area contributed by atoms with Crippen LogP contribution < -0.4 is 4.74 Å². The zero-order chi connectivity index (χ0) is 17.1. The van der Waals surface area contributed by atoms with Crippen LogP contribution in [-0.4, -0.2) is 30.0 Å². The fourth-order valence-electron chi connectivity index (χ4n) is 2.74. The molecule has 0 radical (unpaired) electrons. The summed E-state index contributed by atoms with van der Waals surface area (Å²) in [7, 11) is 0.